The molecular formula is C18H19N5O. The first kappa shape index (κ1) is 15.7. The van der Waals surface area contributed by atoms with E-state index in [2.05, 4.69) is 20.3 Å². The zero-order chi connectivity index (χ0) is 16.6. The Morgan fingerprint density at radius 3 is 2.71 bits per heavy atom. The van der Waals surface area contributed by atoms with Crippen molar-refractivity contribution in [3.05, 3.63) is 72.2 Å². The normalized spacial score (nSPS) is 10.3. The standard InChI is InChI=1S/C18H19N5O/c19-18-22-13-15(8-10-24-16-6-2-1-3-7-16)17(23-18)21-12-14-5-4-9-20-11-14/h1-7,9,11,13H,8,10,12H2,(H3,19,21,22,23). The summed E-state index contributed by atoms with van der Waals surface area (Å²) in [7, 11) is 0. The molecule has 0 aliphatic heterocycles. The Balaban J connectivity index is 1.62. The molecule has 0 spiro atoms. The number of nitrogens with one attached hydrogen (secondary N) is 1. The van der Waals surface area contributed by atoms with Crippen LogP contribution in [0.1, 0.15) is 11.1 Å². The molecule has 0 amide bonds. The average Bonchev–Trinajstić information content (AvgIpc) is 2.63. The summed E-state index contributed by atoms with van der Waals surface area (Å²) in [5.41, 5.74) is 7.74. The molecular weight excluding hydrogens is 302 g/mol. The number of nitrogens with zero attached hydrogens (tertiary/aromatic N) is 3. The molecule has 6 heteroatoms. The lowest BCUT2D eigenvalue weighted by Crippen LogP contribution is -2.10. The smallest absolute Gasteiger partial charge is 0.221 e. The van der Waals surface area contributed by atoms with Crippen molar-refractivity contribution in [1.29, 1.82) is 0 Å². The molecule has 0 radical (unpaired) electrons. The summed E-state index contributed by atoms with van der Waals surface area (Å²) in [6.45, 7) is 1.16. The number of hydrogen-bond donors (Lipinski definition) is 2. The third-order valence-electron chi connectivity index (χ3n) is 3.45. The monoisotopic (exact) mass is 321 g/mol. The predicted molar refractivity (Wildman–Crippen MR) is 93.6 cm³/mol. The Bertz CT molecular complexity index is 765. The van der Waals surface area contributed by atoms with E-state index < -0.39 is 0 Å². The maximum atomic E-state index is 5.73. The molecule has 2 aromatic heterocycles. The van der Waals surface area contributed by atoms with Crippen LogP contribution in [0.4, 0.5) is 11.8 Å². The van der Waals surface area contributed by atoms with Crippen molar-refractivity contribution in [3.8, 4) is 5.75 Å². The molecule has 0 aliphatic carbocycles. The highest BCUT2D eigenvalue weighted by Gasteiger charge is 2.07. The highest BCUT2D eigenvalue weighted by Crippen LogP contribution is 2.16. The van der Waals surface area contributed by atoms with Gasteiger partial charge >= 0.3 is 0 Å². The van der Waals surface area contributed by atoms with Crippen molar-refractivity contribution in [2.45, 2.75) is 13.0 Å². The number of nitrogen functional groups attached to an aromatic ring is 1. The quantitative estimate of drug-likeness (QED) is 0.696. The molecule has 0 aliphatic rings. The lowest BCUT2D eigenvalue weighted by Gasteiger charge is -2.12. The van der Waals surface area contributed by atoms with Gasteiger partial charge in [0.2, 0.25) is 5.95 Å². The van der Waals surface area contributed by atoms with E-state index in [1.807, 2.05) is 48.7 Å². The second-order valence-corrected chi connectivity index (χ2v) is 5.23. The van der Waals surface area contributed by atoms with Crippen LogP contribution >= 0.6 is 0 Å². The molecule has 6 nitrogen and oxygen atoms in total. The van der Waals surface area contributed by atoms with E-state index in [9.17, 15) is 0 Å². The molecule has 1 aromatic carbocycles. The topological polar surface area (TPSA) is 86.0 Å². The average molecular weight is 321 g/mol. The van der Waals surface area contributed by atoms with Crippen molar-refractivity contribution in [1.82, 2.24) is 15.0 Å². The van der Waals surface area contributed by atoms with Gasteiger partial charge < -0.3 is 15.8 Å². The lowest BCUT2D eigenvalue weighted by atomic mass is 10.2. The van der Waals surface area contributed by atoms with Crippen LogP contribution in [0.25, 0.3) is 0 Å². The highest BCUT2D eigenvalue weighted by atomic mass is 16.5. The van der Waals surface area contributed by atoms with Gasteiger partial charge in [0.15, 0.2) is 0 Å². The number of benzene rings is 1. The highest BCUT2D eigenvalue weighted by molar-refractivity contribution is 5.46. The van der Waals surface area contributed by atoms with Crippen LogP contribution in [0.2, 0.25) is 0 Å². The van der Waals surface area contributed by atoms with Crippen LogP contribution in [0, 0.1) is 0 Å². The first-order valence-electron chi connectivity index (χ1n) is 7.73. The van der Waals surface area contributed by atoms with E-state index in [4.69, 9.17) is 10.5 Å². The van der Waals surface area contributed by atoms with E-state index in [-0.39, 0.29) is 5.95 Å². The minimum atomic E-state index is 0.247. The number of rotatable bonds is 7. The van der Waals surface area contributed by atoms with Crippen molar-refractivity contribution >= 4 is 11.8 Å². The third-order valence-corrected chi connectivity index (χ3v) is 3.45. The molecule has 3 N–H and O–H groups in total. The summed E-state index contributed by atoms with van der Waals surface area (Å²) >= 11 is 0. The van der Waals surface area contributed by atoms with E-state index >= 15 is 0 Å². The van der Waals surface area contributed by atoms with Gasteiger partial charge in [-0.15, -0.1) is 0 Å². The molecule has 122 valence electrons. The van der Waals surface area contributed by atoms with Crippen LogP contribution in [0.5, 0.6) is 5.75 Å². The Morgan fingerprint density at radius 1 is 1.04 bits per heavy atom. The number of para-hydroxylation sites is 1. The van der Waals surface area contributed by atoms with Crippen molar-refractivity contribution in [2.24, 2.45) is 0 Å². The molecule has 0 saturated carbocycles. The van der Waals surface area contributed by atoms with E-state index in [1.165, 1.54) is 0 Å². The van der Waals surface area contributed by atoms with Crippen LogP contribution in [-0.4, -0.2) is 21.6 Å². The first-order chi connectivity index (χ1) is 11.8. The van der Waals surface area contributed by atoms with Gasteiger partial charge in [0.1, 0.15) is 11.6 Å². The summed E-state index contributed by atoms with van der Waals surface area (Å²) in [5, 5.41) is 3.29. The minimum absolute atomic E-state index is 0.247. The zero-order valence-electron chi connectivity index (χ0n) is 13.2. The summed E-state index contributed by atoms with van der Waals surface area (Å²) in [6.07, 6.45) is 5.99. The summed E-state index contributed by atoms with van der Waals surface area (Å²) in [5.74, 6) is 1.82. The van der Waals surface area contributed by atoms with Crippen LogP contribution in [0.15, 0.2) is 61.1 Å². The number of hydrogen-bond acceptors (Lipinski definition) is 6. The number of anilines is 2. The molecule has 0 atom stereocenters. The predicted octanol–water partition coefficient (Wildman–Crippen LogP) is 2.69. The second kappa shape index (κ2) is 7.92. The van der Waals surface area contributed by atoms with Gasteiger partial charge in [-0.25, -0.2) is 4.98 Å². The van der Waals surface area contributed by atoms with Gasteiger partial charge in [0.05, 0.1) is 6.61 Å². The Labute approximate surface area is 140 Å². The van der Waals surface area contributed by atoms with Crippen LogP contribution in [0.3, 0.4) is 0 Å². The fourth-order valence-electron chi connectivity index (χ4n) is 2.24. The first-order valence-corrected chi connectivity index (χ1v) is 7.73. The Morgan fingerprint density at radius 2 is 1.92 bits per heavy atom. The van der Waals surface area contributed by atoms with Gasteiger partial charge in [-0.2, -0.15) is 4.98 Å². The molecule has 3 aromatic rings. The molecule has 3 rings (SSSR count). The lowest BCUT2D eigenvalue weighted by molar-refractivity contribution is 0.322. The molecule has 2 heterocycles. The van der Waals surface area contributed by atoms with E-state index in [0.29, 0.717) is 19.6 Å². The summed E-state index contributed by atoms with van der Waals surface area (Å²) < 4.78 is 5.73. The third kappa shape index (κ3) is 4.42. The number of ether oxygens (including phenoxy) is 1. The van der Waals surface area contributed by atoms with Crippen LogP contribution in [-0.2, 0) is 13.0 Å². The number of nitrogens with two attached hydrogens (primary N) is 1. The summed E-state index contributed by atoms with van der Waals surface area (Å²) in [6, 6.07) is 13.6. The Kier molecular flexibility index (Phi) is 5.19. The summed E-state index contributed by atoms with van der Waals surface area (Å²) in [4.78, 5) is 12.5. The van der Waals surface area contributed by atoms with Gasteiger partial charge in [0.25, 0.3) is 0 Å². The largest absolute Gasteiger partial charge is 0.493 e. The number of pyridine rings is 1. The zero-order valence-corrected chi connectivity index (χ0v) is 13.2. The van der Waals surface area contributed by atoms with E-state index in [0.717, 1.165) is 22.7 Å². The van der Waals surface area contributed by atoms with E-state index in [1.54, 1.807) is 12.4 Å². The minimum Gasteiger partial charge on any atom is -0.493 e. The van der Waals surface area contributed by atoms with Crippen LogP contribution < -0.4 is 15.8 Å². The fourth-order valence-corrected chi connectivity index (χ4v) is 2.24. The molecule has 0 bridgehead atoms. The Hall–Kier alpha value is -3.15. The van der Waals surface area contributed by atoms with Gasteiger partial charge in [-0.05, 0) is 23.8 Å². The van der Waals surface area contributed by atoms with Gasteiger partial charge in [0, 0.05) is 37.1 Å². The van der Waals surface area contributed by atoms with Crippen molar-refractivity contribution < 1.29 is 4.74 Å². The SMILES string of the molecule is Nc1ncc(CCOc2ccccc2)c(NCc2cccnc2)n1. The maximum absolute atomic E-state index is 5.73. The molecule has 0 unspecified atom stereocenters. The van der Waals surface area contributed by atoms with Crippen molar-refractivity contribution in [3.63, 3.8) is 0 Å². The molecule has 24 heavy (non-hydrogen) atoms. The molecule has 0 fully saturated rings. The number of aromatic nitrogens is 3. The fraction of sp³-hybridized carbons (Fsp3) is 0.167. The van der Waals surface area contributed by atoms with Crippen molar-refractivity contribution in [2.75, 3.05) is 17.7 Å². The molecule has 0 saturated heterocycles. The second-order valence-electron chi connectivity index (χ2n) is 5.23. The maximum Gasteiger partial charge on any atom is 0.221 e. The van der Waals surface area contributed by atoms with Gasteiger partial charge in [-0.1, -0.05) is 24.3 Å². The van der Waals surface area contributed by atoms with Gasteiger partial charge in [-0.3, -0.25) is 4.98 Å².